The van der Waals surface area contributed by atoms with Gasteiger partial charge in [0.05, 0.1) is 0 Å². The number of aryl methyl sites for hydroxylation is 1. The van der Waals surface area contributed by atoms with E-state index in [2.05, 4.69) is 5.32 Å². The van der Waals surface area contributed by atoms with Crippen LogP contribution in [0.1, 0.15) is 51.7 Å². The van der Waals surface area contributed by atoms with E-state index in [1.807, 2.05) is 45.9 Å². The van der Waals surface area contributed by atoms with Crippen molar-refractivity contribution >= 4 is 11.8 Å². The van der Waals surface area contributed by atoms with Gasteiger partial charge in [0.1, 0.15) is 11.9 Å². The van der Waals surface area contributed by atoms with Crippen molar-refractivity contribution in [2.75, 3.05) is 6.79 Å². The molecular formula is C25H31FN2O4. The first-order chi connectivity index (χ1) is 15.2. The standard InChI is InChI=1S/C25H31FN2O4/c1-5-20(24(30)27-25(2,3)4)28(15-18-6-10-19(26)11-7-18)23(29)13-9-17-8-12-21-22(14-17)32-16-31-21/h6-8,10-12,14,20H,5,9,13,15-16H2,1-4H3,(H,27,30)/t20-/m0/s1. The average Bonchev–Trinajstić information content (AvgIpc) is 3.20. The van der Waals surface area contributed by atoms with Gasteiger partial charge in [0.25, 0.3) is 0 Å². The molecule has 2 aromatic carbocycles. The summed E-state index contributed by atoms with van der Waals surface area (Å²) in [6.45, 7) is 8.03. The smallest absolute Gasteiger partial charge is 0.243 e. The number of nitrogens with zero attached hydrogens (tertiary/aromatic N) is 1. The summed E-state index contributed by atoms with van der Waals surface area (Å²) in [6.07, 6.45) is 1.21. The minimum absolute atomic E-state index is 0.136. The zero-order valence-electron chi connectivity index (χ0n) is 19.1. The Hall–Kier alpha value is -3.09. The van der Waals surface area contributed by atoms with Crippen LogP contribution in [0.4, 0.5) is 4.39 Å². The second-order valence-corrected chi connectivity index (χ2v) is 9.00. The Labute approximate surface area is 188 Å². The Balaban J connectivity index is 1.77. The first kappa shape index (κ1) is 23.6. The van der Waals surface area contributed by atoms with Crippen molar-refractivity contribution in [2.45, 2.75) is 65.1 Å². The topological polar surface area (TPSA) is 67.9 Å². The average molecular weight is 443 g/mol. The summed E-state index contributed by atoms with van der Waals surface area (Å²) >= 11 is 0. The zero-order chi connectivity index (χ0) is 23.3. The van der Waals surface area contributed by atoms with E-state index < -0.39 is 11.6 Å². The van der Waals surface area contributed by atoms with Crippen LogP contribution in [0.25, 0.3) is 0 Å². The van der Waals surface area contributed by atoms with E-state index in [4.69, 9.17) is 9.47 Å². The van der Waals surface area contributed by atoms with E-state index in [0.717, 1.165) is 11.1 Å². The lowest BCUT2D eigenvalue weighted by molar-refractivity contribution is -0.142. The quantitative estimate of drug-likeness (QED) is 0.665. The number of rotatable bonds is 8. The predicted octanol–water partition coefficient (Wildman–Crippen LogP) is 4.21. The van der Waals surface area contributed by atoms with Crippen LogP contribution < -0.4 is 14.8 Å². The van der Waals surface area contributed by atoms with Gasteiger partial charge in [-0.2, -0.15) is 0 Å². The Kier molecular flexibility index (Phi) is 7.38. The highest BCUT2D eigenvalue weighted by Gasteiger charge is 2.30. The molecule has 6 nitrogen and oxygen atoms in total. The Morgan fingerprint density at radius 3 is 2.38 bits per heavy atom. The van der Waals surface area contributed by atoms with Gasteiger partial charge in [-0.25, -0.2) is 4.39 Å². The molecule has 2 aromatic rings. The second kappa shape index (κ2) is 10.0. The first-order valence-corrected chi connectivity index (χ1v) is 10.9. The van der Waals surface area contributed by atoms with Gasteiger partial charge in [0.2, 0.25) is 18.6 Å². The number of benzene rings is 2. The molecule has 0 fully saturated rings. The Morgan fingerprint density at radius 1 is 1.06 bits per heavy atom. The van der Waals surface area contributed by atoms with Crippen LogP contribution in [0, 0.1) is 5.82 Å². The van der Waals surface area contributed by atoms with Crippen molar-refractivity contribution in [2.24, 2.45) is 0 Å². The maximum absolute atomic E-state index is 13.4. The zero-order valence-corrected chi connectivity index (χ0v) is 19.1. The molecule has 0 radical (unpaired) electrons. The molecule has 0 aliphatic carbocycles. The van der Waals surface area contributed by atoms with Crippen LogP contribution in [0.5, 0.6) is 11.5 Å². The molecule has 1 N–H and O–H groups in total. The van der Waals surface area contributed by atoms with Crippen LogP contribution in [-0.2, 0) is 22.6 Å². The third kappa shape index (κ3) is 6.22. The van der Waals surface area contributed by atoms with Gasteiger partial charge < -0.3 is 19.7 Å². The molecular weight excluding hydrogens is 411 g/mol. The fourth-order valence-electron chi connectivity index (χ4n) is 3.65. The fourth-order valence-corrected chi connectivity index (χ4v) is 3.65. The molecule has 3 rings (SSSR count). The first-order valence-electron chi connectivity index (χ1n) is 10.9. The highest BCUT2D eigenvalue weighted by Crippen LogP contribution is 2.32. The van der Waals surface area contributed by atoms with Crippen molar-refractivity contribution in [3.8, 4) is 11.5 Å². The molecule has 1 heterocycles. The molecule has 0 saturated heterocycles. The number of hydrogen-bond donors (Lipinski definition) is 1. The van der Waals surface area contributed by atoms with E-state index >= 15 is 0 Å². The minimum atomic E-state index is -0.622. The number of fused-ring (bicyclic) bond motifs is 1. The van der Waals surface area contributed by atoms with E-state index in [1.54, 1.807) is 17.0 Å². The van der Waals surface area contributed by atoms with Crippen LogP contribution in [0.15, 0.2) is 42.5 Å². The van der Waals surface area contributed by atoms with Crippen molar-refractivity contribution in [3.63, 3.8) is 0 Å². The molecule has 32 heavy (non-hydrogen) atoms. The minimum Gasteiger partial charge on any atom is -0.454 e. The monoisotopic (exact) mass is 442 g/mol. The van der Waals surface area contributed by atoms with Gasteiger partial charge in [-0.15, -0.1) is 0 Å². The number of amides is 2. The molecule has 0 unspecified atom stereocenters. The van der Waals surface area contributed by atoms with E-state index in [-0.39, 0.29) is 37.4 Å². The van der Waals surface area contributed by atoms with Crippen LogP contribution in [-0.4, -0.2) is 35.1 Å². The molecule has 1 aliphatic rings. The number of carbonyl (C=O) groups is 2. The maximum Gasteiger partial charge on any atom is 0.243 e. The number of hydrogen-bond acceptors (Lipinski definition) is 4. The summed E-state index contributed by atoms with van der Waals surface area (Å²) in [4.78, 5) is 27.9. The number of carbonyl (C=O) groups excluding carboxylic acids is 2. The lowest BCUT2D eigenvalue weighted by atomic mass is 10.0. The summed E-state index contributed by atoms with van der Waals surface area (Å²) in [5.74, 6) is 0.699. The molecule has 0 spiro atoms. The summed E-state index contributed by atoms with van der Waals surface area (Å²) in [5, 5.41) is 2.98. The lowest BCUT2D eigenvalue weighted by Crippen LogP contribution is -2.53. The largest absolute Gasteiger partial charge is 0.454 e. The van der Waals surface area contributed by atoms with Gasteiger partial charge in [-0.3, -0.25) is 9.59 Å². The number of ether oxygens (including phenoxy) is 2. The third-order valence-corrected chi connectivity index (χ3v) is 5.21. The van der Waals surface area contributed by atoms with E-state index in [0.29, 0.717) is 24.3 Å². The fraction of sp³-hybridized carbons (Fsp3) is 0.440. The van der Waals surface area contributed by atoms with Crippen LogP contribution in [0.2, 0.25) is 0 Å². The summed E-state index contributed by atoms with van der Waals surface area (Å²) in [6, 6.07) is 11.0. The van der Waals surface area contributed by atoms with Crippen molar-refractivity contribution in [3.05, 3.63) is 59.4 Å². The SMILES string of the molecule is CC[C@@H](C(=O)NC(C)(C)C)N(Cc1ccc(F)cc1)C(=O)CCc1ccc2c(c1)OCO2. The number of nitrogens with one attached hydrogen (secondary N) is 1. The molecule has 0 aromatic heterocycles. The number of halogens is 1. The lowest BCUT2D eigenvalue weighted by Gasteiger charge is -2.33. The van der Waals surface area contributed by atoms with Crippen molar-refractivity contribution in [1.82, 2.24) is 10.2 Å². The highest BCUT2D eigenvalue weighted by molar-refractivity contribution is 5.88. The Bertz CT molecular complexity index is 953. The van der Waals surface area contributed by atoms with Gasteiger partial charge in [-0.05, 0) is 69.0 Å². The van der Waals surface area contributed by atoms with Gasteiger partial charge in [-0.1, -0.05) is 25.1 Å². The highest BCUT2D eigenvalue weighted by atomic mass is 19.1. The van der Waals surface area contributed by atoms with Crippen LogP contribution >= 0.6 is 0 Å². The summed E-state index contributed by atoms with van der Waals surface area (Å²) in [5.41, 5.74) is 1.31. The summed E-state index contributed by atoms with van der Waals surface area (Å²) in [7, 11) is 0. The van der Waals surface area contributed by atoms with E-state index in [9.17, 15) is 14.0 Å². The molecule has 172 valence electrons. The molecule has 0 bridgehead atoms. The second-order valence-electron chi connectivity index (χ2n) is 9.00. The molecule has 7 heteroatoms. The van der Waals surface area contributed by atoms with E-state index in [1.165, 1.54) is 12.1 Å². The third-order valence-electron chi connectivity index (χ3n) is 5.21. The predicted molar refractivity (Wildman–Crippen MR) is 120 cm³/mol. The molecule has 1 aliphatic heterocycles. The van der Waals surface area contributed by atoms with Gasteiger partial charge >= 0.3 is 0 Å². The Morgan fingerprint density at radius 2 is 1.72 bits per heavy atom. The van der Waals surface area contributed by atoms with Crippen LogP contribution in [0.3, 0.4) is 0 Å². The molecule has 2 amide bonds. The van der Waals surface area contributed by atoms with Gasteiger partial charge in [0.15, 0.2) is 11.5 Å². The van der Waals surface area contributed by atoms with Crippen molar-refractivity contribution in [1.29, 1.82) is 0 Å². The van der Waals surface area contributed by atoms with Crippen molar-refractivity contribution < 1.29 is 23.5 Å². The van der Waals surface area contributed by atoms with Gasteiger partial charge in [0, 0.05) is 18.5 Å². The molecule has 1 atom stereocenters. The molecule has 0 saturated carbocycles. The normalized spacial score (nSPS) is 13.5. The maximum atomic E-state index is 13.4. The summed E-state index contributed by atoms with van der Waals surface area (Å²) < 4.78 is 24.1.